The zero-order chi connectivity index (χ0) is 55.2. The first-order valence-corrected chi connectivity index (χ1v) is 26.5. The van der Waals surface area contributed by atoms with Crippen LogP contribution in [0, 0.1) is 0 Å². The molecule has 17 heteroatoms. The molecule has 4 amide bonds. The van der Waals surface area contributed by atoms with E-state index in [-0.39, 0.29) is 23.9 Å². The van der Waals surface area contributed by atoms with Crippen molar-refractivity contribution in [1.82, 2.24) is 50.4 Å². The van der Waals surface area contributed by atoms with E-state index in [0.29, 0.717) is 29.7 Å². The molecule has 2 aliphatic carbocycles. The van der Waals surface area contributed by atoms with E-state index in [9.17, 15) is 9.90 Å². The highest BCUT2D eigenvalue weighted by molar-refractivity contribution is 6.09. The molecule has 0 saturated heterocycles. The lowest BCUT2D eigenvalue weighted by Gasteiger charge is -2.32. The van der Waals surface area contributed by atoms with Crippen LogP contribution in [0.25, 0.3) is 22.3 Å². The number of amides is 4. The summed E-state index contributed by atoms with van der Waals surface area (Å²) < 4.78 is 6.70. The second-order valence-electron chi connectivity index (χ2n) is 19.9. The van der Waals surface area contributed by atoms with Crippen LogP contribution in [-0.4, -0.2) is 80.7 Å². The predicted molar refractivity (Wildman–Crippen MR) is 302 cm³/mol. The number of nitrogens with zero attached hydrogens (tertiary/aromatic N) is 7. The summed E-state index contributed by atoms with van der Waals surface area (Å²) >= 11 is 0. The van der Waals surface area contributed by atoms with Gasteiger partial charge in [-0.1, -0.05) is 121 Å². The van der Waals surface area contributed by atoms with Crippen molar-refractivity contribution >= 4 is 29.3 Å². The fourth-order valence-electron chi connectivity index (χ4n) is 11.0. The SMILES string of the molecule is O=C(N[C@@H]1c2ccccc2C[C@@H]1O)C(c1cccnc1)N(Cc1cccc(-c2ccccc2)c1)C(=O)c1c[nH]c(O[C@H]2Cc3ccccc3[C@H]2NC(=O)C(c2cccnc2)N(C(=O)c2c[nH]cn2)c2ccc(-c3ccncc3)cc2)n1. The highest BCUT2D eigenvalue weighted by Gasteiger charge is 2.42. The number of hydrogen-bond acceptors (Lipinski definition) is 11. The van der Waals surface area contributed by atoms with Crippen molar-refractivity contribution in [2.45, 2.75) is 55.8 Å². The Kier molecular flexibility index (Phi) is 14.5. The second-order valence-corrected chi connectivity index (χ2v) is 19.9. The summed E-state index contributed by atoms with van der Waals surface area (Å²) in [6.07, 6.45) is 13.1. The van der Waals surface area contributed by atoms with E-state index in [1.54, 1.807) is 73.6 Å². The number of carbonyl (C=O) groups excluding carboxylic acids is 4. The molecule has 400 valence electrons. The van der Waals surface area contributed by atoms with E-state index in [4.69, 9.17) is 9.72 Å². The van der Waals surface area contributed by atoms with Crippen molar-refractivity contribution in [1.29, 1.82) is 0 Å². The van der Waals surface area contributed by atoms with E-state index in [0.717, 1.165) is 50.1 Å². The monoisotopic (exact) mass is 1070 g/mol. The number of rotatable bonds is 17. The number of aromatic amines is 2. The van der Waals surface area contributed by atoms with E-state index in [1.165, 1.54) is 28.5 Å². The smallest absolute Gasteiger partial charge is 0.294 e. The van der Waals surface area contributed by atoms with Gasteiger partial charge in [0.25, 0.3) is 17.8 Å². The lowest BCUT2D eigenvalue weighted by atomic mass is 10.0. The number of anilines is 1. The van der Waals surface area contributed by atoms with Gasteiger partial charge < -0.3 is 35.3 Å². The number of aliphatic hydroxyl groups is 1. The van der Waals surface area contributed by atoms with E-state index in [1.807, 2.05) is 127 Å². The van der Waals surface area contributed by atoms with Gasteiger partial charge in [0.1, 0.15) is 29.6 Å². The van der Waals surface area contributed by atoms with E-state index in [2.05, 4.69) is 40.5 Å². The summed E-state index contributed by atoms with van der Waals surface area (Å²) in [4.78, 5) is 91.3. The molecule has 2 unspecified atom stereocenters. The fourth-order valence-corrected chi connectivity index (χ4v) is 11.0. The minimum Gasteiger partial charge on any atom is -0.459 e. The van der Waals surface area contributed by atoms with Gasteiger partial charge in [-0.05, 0) is 92.5 Å². The maximum atomic E-state index is 15.4. The van der Waals surface area contributed by atoms with Gasteiger partial charge in [0, 0.05) is 85.8 Å². The van der Waals surface area contributed by atoms with Crippen LogP contribution >= 0.6 is 0 Å². The van der Waals surface area contributed by atoms with Gasteiger partial charge in [0.2, 0.25) is 11.8 Å². The molecule has 0 saturated carbocycles. The van der Waals surface area contributed by atoms with Gasteiger partial charge in [-0.25, -0.2) is 4.98 Å². The van der Waals surface area contributed by atoms with Gasteiger partial charge in [-0.15, -0.1) is 0 Å². The maximum absolute atomic E-state index is 15.4. The molecule has 5 heterocycles. The zero-order valence-corrected chi connectivity index (χ0v) is 43.5. The molecular weight excluding hydrogens is 1020 g/mol. The summed E-state index contributed by atoms with van der Waals surface area (Å²) in [5.74, 6) is -2.19. The number of imidazole rings is 2. The molecule has 5 aromatic carbocycles. The van der Waals surface area contributed by atoms with Gasteiger partial charge in [0.15, 0.2) is 0 Å². The number of fused-ring (bicyclic) bond motifs is 2. The molecule has 0 aliphatic heterocycles. The summed E-state index contributed by atoms with van der Waals surface area (Å²) in [5.41, 5.74) is 9.22. The molecule has 2 aliphatic rings. The highest BCUT2D eigenvalue weighted by atomic mass is 16.5. The highest BCUT2D eigenvalue weighted by Crippen LogP contribution is 2.38. The Bertz CT molecular complexity index is 3830. The molecule has 6 atom stereocenters. The van der Waals surface area contributed by atoms with Crippen LogP contribution in [0.5, 0.6) is 6.01 Å². The van der Waals surface area contributed by atoms with Crippen molar-refractivity contribution in [3.63, 3.8) is 0 Å². The number of H-pyrrole nitrogens is 2. The average molecular weight is 1070 g/mol. The van der Waals surface area contributed by atoms with Crippen molar-refractivity contribution < 1.29 is 29.0 Å². The first-order valence-electron chi connectivity index (χ1n) is 26.5. The molecule has 0 spiro atoms. The Labute approximate surface area is 465 Å². The Hall–Kier alpha value is -10.4. The number of carbonyl (C=O) groups is 4. The molecule has 17 nitrogen and oxygen atoms in total. The number of hydrogen-bond donors (Lipinski definition) is 5. The van der Waals surface area contributed by atoms with Gasteiger partial charge in [0.05, 0.1) is 24.5 Å². The van der Waals surface area contributed by atoms with Gasteiger partial charge in [-0.3, -0.25) is 39.0 Å². The number of aromatic nitrogens is 7. The third-order valence-electron chi connectivity index (χ3n) is 14.8. The second kappa shape index (κ2) is 22.9. The Morgan fingerprint density at radius 2 is 1.22 bits per heavy atom. The van der Waals surface area contributed by atoms with Crippen molar-refractivity contribution in [2.75, 3.05) is 4.90 Å². The standard InChI is InChI=1S/C64H53N11O6/c76-54-32-45-14-4-6-19-50(45)56(54)72-60(77)58(47-17-9-27-66-34-47)74(38-40-11-8-16-44(31-40)41-12-2-1-3-13-41)62(79)53-37-69-64(71-53)81-55-33-46-15-5-7-20-51(46)57(55)73-61(78)59(48-18-10-28-67-35-48)75(63(80)52-36-68-39-70-52)49-23-21-42(22-24-49)43-25-29-65-30-26-43/h1-31,34-37,39,54-59,76H,32-33,38H2,(H,68,70)(H,69,71)(H,72,77)(H,73,78)/t54-,55-,56+,57+,58?,59?/m0/s1. The average Bonchev–Trinajstić information content (AvgIpc) is 4.39. The Balaban J connectivity index is 0.867. The third kappa shape index (κ3) is 10.8. The number of aliphatic hydroxyl groups excluding tert-OH is 1. The Morgan fingerprint density at radius 1 is 0.593 bits per heavy atom. The van der Waals surface area contributed by atoms with Crippen LogP contribution in [-0.2, 0) is 29.0 Å². The van der Waals surface area contributed by atoms with Crippen LogP contribution in [0.4, 0.5) is 5.69 Å². The molecule has 5 N–H and O–H groups in total. The largest absolute Gasteiger partial charge is 0.459 e. The lowest BCUT2D eigenvalue weighted by molar-refractivity contribution is -0.127. The van der Waals surface area contributed by atoms with Gasteiger partial charge in [-0.2, -0.15) is 4.98 Å². The van der Waals surface area contributed by atoms with Crippen molar-refractivity contribution in [3.8, 4) is 28.3 Å². The number of ether oxygens (including phenoxy) is 1. The fraction of sp³-hybridized carbons (Fsp3) is 0.141. The van der Waals surface area contributed by atoms with Crippen LogP contribution in [0.1, 0.15) is 84.1 Å². The molecule has 5 aromatic heterocycles. The van der Waals surface area contributed by atoms with Gasteiger partial charge >= 0.3 is 0 Å². The number of pyridine rings is 3. The molecule has 12 rings (SSSR count). The molecular formula is C64H53N11O6. The van der Waals surface area contributed by atoms with E-state index < -0.39 is 60.0 Å². The minimum absolute atomic E-state index is 0.0112. The molecule has 0 bridgehead atoms. The van der Waals surface area contributed by atoms with Crippen LogP contribution < -0.4 is 20.3 Å². The molecule has 0 radical (unpaired) electrons. The van der Waals surface area contributed by atoms with Crippen LogP contribution in [0.15, 0.2) is 220 Å². The van der Waals surface area contributed by atoms with Crippen LogP contribution in [0.3, 0.4) is 0 Å². The summed E-state index contributed by atoms with van der Waals surface area (Å²) in [7, 11) is 0. The Morgan fingerprint density at radius 3 is 1.93 bits per heavy atom. The lowest BCUT2D eigenvalue weighted by Crippen LogP contribution is -2.47. The first kappa shape index (κ1) is 51.4. The maximum Gasteiger partial charge on any atom is 0.294 e. The topological polar surface area (TPSA) is 224 Å². The van der Waals surface area contributed by atoms with Crippen molar-refractivity contribution in [3.05, 3.63) is 270 Å². The summed E-state index contributed by atoms with van der Waals surface area (Å²) in [5, 5.41) is 17.7. The molecule has 0 fully saturated rings. The van der Waals surface area contributed by atoms with E-state index >= 15 is 14.4 Å². The minimum atomic E-state index is -1.26. The first-order chi connectivity index (χ1) is 39.7. The zero-order valence-electron chi connectivity index (χ0n) is 43.5. The molecule has 10 aromatic rings. The number of nitrogens with one attached hydrogen (secondary N) is 4. The summed E-state index contributed by atoms with van der Waals surface area (Å²) in [6, 6.07) is 46.9. The van der Waals surface area contributed by atoms with Crippen LogP contribution in [0.2, 0.25) is 0 Å². The normalized spacial score (nSPS) is 16.8. The quantitative estimate of drug-likeness (QED) is 0.0578. The third-order valence-corrected chi connectivity index (χ3v) is 14.8. The van der Waals surface area contributed by atoms with Crippen molar-refractivity contribution in [2.24, 2.45) is 0 Å². The number of benzene rings is 5. The molecule has 81 heavy (non-hydrogen) atoms. The summed E-state index contributed by atoms with van der Waals surface area (Å²) in [6.45, 7) is -0.0297. The predicted octanol–water partition coefficient (Wildman–Crippen LogP) is 9.06.